The fraction of sp³-hybridized carbons (Fsp3) is 0.474. The van der Waals surface area contributed by atoms with Crippen LogP contribution in [0.5, 0.6) is 0 Å². The van der Waals surface area contributed by atoms with Gasteiger partial charge in [-0.25, -0.2) is 4.39 Å². The standard InChI is InChI=1S/C19H25FN4O3/c1-12(22-15(25)6-5-11-21-18(26)19(2,3)4)17-23-16(24-27-17)13-7-9-14(20)10-8-13/h7-10,12H,5-6,11H2,1-4H3,(H,21,26)(H,22,25). The quantitative estimate of drug-likeness (QED) is 0.724. The molecule has 0 radical (unpaired) electrons. The van der Waals surface area contributed by atoms with Crippen LogP contribution < -0.4 is 10.6 Å². The van der Waals surface area contributed by atoms with E-state index in [1.54, 1.807) is 19.1 Å². The van der Waals surface area contributed by atoms with Gasteiger partial charge in [-0.1, -0.05) is 25.9 Å². The Balaban J connectivity index is 1.79. The summed E-state index contributed by atoms with van der Waals surface area (Å²) in [6, 6.07) is 5.28. The van der Waals surface area contributed by atoms with Gasteiger partial charge < -0.3 is 15.2 Å². The average Bonchev–Trinajstić information content (AvgIpc) is 3.08. The van der Waals surface area contributed by atoms with Gasteiger partial charge in [0, 0.05) is 23.9 Å². The van der Waals surface area contributed by atoms with Crippen LogP contribution in [0, 0.1) is 11.2 Å². The molecule has 1 aromatic heterocycles. The van der Waals surface area contributed by atoms with Gasteiger partial charge in [0.1, 0.15) is 11.9 Å². The number of nitrogens with one attached hydrogen (secondary N) is 2. The van der Waals surface area contributed by atoms with Gasteiger partial charge in [0.15, 0.2) is 0 Å². The molecule has 0 bridgehead atoms. The van der Waals surface area contributed by atoms with Crippen LogP contribution in [0.25, 0.3) is 11.4 Å². The summed E-state index contributed by atoms with van der Waals surface area (Å²) in [4.78, 5) is 28.0. The number of carbonyl (C=O) groups is 2. The van der Waals surface area contributed by atoms with E-state index in [1.165, 1.54) is 12.1 Å². The molecule has 0 saturated carbocycles. The number of rotatable bonds is 7. The number of halogens is 1. The molecule has 0 aliphatic carbocycles. The van der Waals surface area contributed by atoms with Crippen LogP contribution in [-0.4, -0.2) is 28.5 Å². The lowest BCUT2D eigenvalue weighted by Crippen LogP contribution is -2.36. The zero-order valence-electron chi connectivity index (χ0n) is 16.0. The van der Waals surface area contributed by atoms with Gasteiger partial charge in [-0.3, -0.25) is 9.59 Å². The third-order valence-electron chi connectivity index (χ3n) is 3.84. The Labute approximate surface area is 157 Å². The fourth-order valence-electron chi connectivity index (χ4n) is 2.22. The van der Waals surface area contributed by atoms with Crippen molar-refractivity contribution in [2.75, 3.05) is 6.54 Å². The van der Waals surface area contributed by atoms with Gasteiger partial charge in [0.2, 0.25) is 23.5 Å². The molecule has 1 unspecified atom stereocenters. The fourth-order valence-corrected chi connectivity index (χ4v) is 2.22. The summed E-state index contributed by atoms with van der Waals surface area (Å²) in [6.07, 6.45) is 0.804. The minimum absolute atomic E-state index is 0.0459. The average molecular weight is 376 g/mol. The molecule has 0 aliphatic heterocycles. The summed E-state index contributed by atoms with van der Waals surface area (Å²) < 4.78 is 18.2. The van der Waals surface area contributed by atoms with Crippen LogP contribution in [0.15, 0.2) is 28.8 Å². The van der Waals surface area contributed by atoms with E-state index in [1.807, 2.05) is 20.8 Å². The van der Waals surface area contributed by atoms with E-state index in [2.05, 4.69) is 20.8 Å². The van der Waals surface area contributed by atoms with Crippen LogP contribution in [0.2, 0.25) is 0 Å². The second-order valence-electron chi connectivity index (χ2n) is 7.36. The van der Waals surface area contributed by atoms with Crippen LogP contribution in [-0.2, 0) is 9.59 Å². The number of hydrogen-bond donors (Lipinski definition) is 2. The highest BCUT2D eigenvalue weighted by Crippen LogP contribution is 2.19. The van der Waals surface area contributed by atoms with Gasteiger partial charge in [-0.15, -0.1) is 0 Å². The van der Waals surface area contributed by atoms with Crippen molar-refractivity contribution in [3.8, 4) is 11.4 Å². The van der Waals surface area contributed by atoms with E-state index in [0.29, 0.717) is 24.4 Å². The van der Waals surface area contributed by atoms with E-state index >= 15 is 0 Å². The topological polar surface area (TPSA) is 97.1 Å². The highest BCUT2D eigenvalue weighted by atomic mass is 19.1. The molecule has 2 N–H and O–H groups in total. The number of hydrogen-bond acceptors (Lipinski definition) is 5. The smallest absolute Gasteiger partial charge is 0.249 e. The molecule has 0 fully saturated rings. The lowest BCUT2D eigenvalue weighted by Gasteiger charge is -2.17. The minimum Gasteiger partial charge on any atom is -0.356 e. The van der Waals surface area contributed by atoms with Crippen LogP contribution in [0.1, 0.15) is 52.5 Å². The summed E-state index contributed by atoms with van der Waals surface area (Å²) in [6.45, 7) is 7.68. The Hall–Kier alpha value is -2.77. The molecule has 2 rings (SSSR count). The molecule has 0 saturated heterocycles. The molecule has 8 heteroatoms. The molecular formula is C19H25FN4O3. The summed E-state index contributed by atoms with van der Waals surface area (Å²) in [5.41, 5.74) is 0.177. The SMILES string of the molecule is CC(NC(=O)CCCNC(=O)C(C)(C)C)c1nc(-c2ccc(F)cc2)no1. The van der Waals surface area contributed by atoms with Gasteiger partial charge in [0.05, 0.1) is 0 Å². The van der Waals surface area contributed by atoms with E-state index in [-0.39, 0.29) is 29.9 Å². The Morgan fingerprint density at radius 3 is 2.52 bits per heavy atom. The molecule has 0 aliphatic rings. The van der Waals surface area contributed by atoms with Crippen LogP contribution >= 0.6 is 0 Å². The first kappa shape index (κ1) is 20.5. The first-order valence-corrected chi connectivity index (χ1v) is 8.84. The van der Waals surface area contributed by atoms with Crippen molar-refractivity contribution in [3.63, 3.8) is 0 Å². The highest BCUT2D eigenvalue weighted by Gasteiger charge is 2.21. The van der Waals surface area contributed by atoms with Crippen LogP contribution in [0.3, 0.4) is 0 Å². The first-order valence-electron chi connectivity index (χ1n) is 8.84. The largest absolute Gasteiger partial charge is 0.356 e. The number of benzene rings is 1. The molecule has 1 aromatic carbocycles. The highest BCUT2D eigenvalue weighted by molar-refractivity contribution is 5.81. The zero-order chi connectivity index (χ0) is 20.0. The lowest BCUT2D eigenvalue weighted by molar-refractivity contribution is -0.128. The van der Waals surface area contributed by atoms with Gasteiger partial charge in [-0.05, 0) is 37.6 Å². The molecular weight excluding hydrogens is 351 g/mol. The Kier molecular flexibility index (Phi) is 6.65. The molecule has 1 heterocycles. The maximum atomic E-state index is 13.0. The number of carbonyl (C=O) groups excluding carboxylic acids is 2. The van der Waals surface area contributed by atoms with Crippen molar-refractivity contribution in [2.24, 2.45) is 5.41 Å². The molecule has 146 valence electrons. The predicted octanol–water partition coefficient (Wildman–Crippen LogP) is 3.00. The predicted molar refractivity (Wildman–Crippen MR) is 97.9 cm³/mol. The third kappa shape index (κ3) is 6.16. The molecule has 1 atom stereocenters. The maximum Gasteiger partial charge on any atom is 0.249 e. The Morgan fingerprint density at radius 2 is 1.89 bits per heavy atom. The van der Waals surface area contributed by atoms with E-state index < -0.39 is 11.5 Å². The van der Waals surface area contributed by atoms with E-state index in [9.17, 15) is 14.0 Å². The van der Waals surface area contributed by atoms with Gasteiger partial charge in [0.25, 0.3) is 0 Å². The van der Waals surface area contributed by atoms with Crippen molar-refractivity contribution in [1.82, 2.24) is 20.8 Å². The molecule has 0 spiro atoms. The second kappa shape index (κ2) is 8.75. The number of amides is 2. The first-order chi connectivity index (χ1) is 12.7. The minimum atomic E-state index is -0.455. The lowest BCUT2D eigenvalue weighted by atomic mass is 9.96. The second-order valence-corrected chi connectivity index (χ2v) is 7.36. The molecule has 7 nitrogen and oxygen atoms in total. The van der Waals surface area contributed by atoms with E-state index in [0.717, 1.165) is 0 Å². The third-order valence-corrected chi connectivity index (χ3v) is 3.84. The summed E-state index contributed by atoms with van der Waals surface area (Å²) in [5.74, 6) is 0.0333. The van der Waals surface area contributed by atoms with E-state index in [4.69, 9.17) is 4.52 Å². The number of nitrogens with zero attached hydrogens (tertiary/aromatic N) is 2. The van der Waals surface area contributed by atoms with Crippen molar-refractivity contribution in [2.45, 2.75) is 46.6 Å². The zero-order valence-corrected chi connectivity index (χ0v) is 16.0. The summed E-state index contributed by atoms with van der Waals surface area (Å²) in [5, 5.41) is 9.44. The van der Waals surface area contributed by atoms with Crippen molar-refractivity contribution < 1.29 is 18.5 Å². The Morgan fingerprint density at radius 1 is 1.22 bits per heavy atom. The molecule has 2 amide bonds. The van der Waals surface area contributed by atoms with Crippen LogP contribution in [0.4, 0.5) is 4.39 Å². The van der Waals surface area contributed by atoms with Gasteiger partial charge >= 0.3 is 0 Å². The Bertz CT molecular complexity index is 781. The number of aromatic nitrogens is 2. The van der Waals surface area contributed by atoms with Crippen molar-refractivity contribution >= 4 is 11.8 Å². The molecule has 2 aromatic rings. The van der Waals surface area contributed by atoms with Gasteiger partial charge in [-0.2, -0.15) is 4.98 Å². The molecule has 27 heavy (non-hydrogen) atoms. The normalized spacial score (nSPS) is 12.5. The maximum absolute atomic E-state index is 13.0. The summed E-state index contributed by atoms with van der Waals surface area (Å²) >= 11 is 0. The monoisotopic (exact) mass is 376 g/mol. The van der Waals surface area contributed by atoms with Crippen molar-refractivity contribution in [3.05, 3.63) is 36.0 Å². The summed E-state index contributed by atoms with van der Waals surface area (Å²) in [7, 11) is 0. The van der Waals surface area contributed by atoms with Crippen molar-refractivity contribution in [1.29, 1.82) is 0 Å².